The van der Waals surface area contributed by atoms with Gasteiger partial charge in [-0.3, -0.25) is 14.9 Å². The summed E-state index contributed by atoms with van der Waals surface area (Å²) >= 11 is 2.28. The first-order valence-corrected chi connectivity index (χ1v) is 10.4. The predicted molar refractivity (Wildman–Crippen MR) is 111 cm³/mol. The smallest absolute Gasteiger partial charge is 0.260 e. The number of benzene rings is 2. The normalized spacial score (nSPS) is 10.4. The van der Waals surface area contributed by atoms with Crippen molar-refractivity contribution in [2.45, 2.75) is 11.3 Å². The summed E-state index contributed by atoms with van der Waals surface area (Å²) < 4.78 is 19.6. The van der Waals surface area contributed by atoms with Crippen LogP contribution in [0.15, 0.2) is 52.9 Å². The number of halogens is 1. The third-order valence-corrected chi connectivity index (χ3v) is 5.51. The number of hydrogen-bond donors (Lipinski definition) is 2. The Labute approximate surface area is 174 Å². The molecule has 0 spiro atoms. The molecule has 0 atom stereocenters. The largest absolute Gasteiger partial charge is 0.492 e. The van der Waals surface area contributed by atoms with Crippen molar-refractivity contribution in [3.05, 3.63) is 59.9 Å². The van der Waals surface area contributed by atoms with E-state index in [0.717, 1.165) is 11.3 Å². The van der Waals surface area contributed by atoms with E-state index in [-0.39, 0.29) is 22.4 Å². The van der Waals surface area contributed by atoms with Crippen molar-refractivity contribution in [2.75, 3.05) is 23.0 Å². The number of nitrogens with zero attached hydrogens (tertiary/aromatic N) is 2. The van der Waals surface area contributed by atoms with Gasteiger partial charge in [-0.15, -0.1) is 10.2 Å². The third kappa shape index (κ3) is 5.75. The van der Waals surface area contributed by atoms with E-state index in [4.69, 9.17) is 4.74 Å². The van der Waals surface area contributed by atoms with Gasteiger partial charge in [0.25, 0.3) is 5.91 Å². The fraction of sp³-hybridized carbons (Fsp3) is 0.158. The number of nitrogens with one attached hydrogen (secondary N) is 2. The number of ether oxygens (including phenoxy) is 1. The molecule has 0 aliphatic rings. The number of hydrogen-bond acceptors (Lipinski definition) is 7. The van der Waals surface area contributed by atoms with Gasteiger partial charge in [-0.25, -0.2) is 4.39 Å². The first kappa shape index (κ1) is 20.7. The van der Waals surface area contributed by atoms with E-state index >= 15 is 0 Å². The van der Waals surface area contributed by atoms with Gasteiger partial charge >= 0.3 is 0 Å². The highest BCUT2D eigenvalue weighted by Gasteiger charge is 2.15. The van der Waals surface area contributed by atoms with Gasteiger partial charge in [0.1, 0.15) is 11.6 Å². The molecule has 0 fully saturated rings. The number of aromatic nitrogens is 2. The van der Waals surface area contributed by atoms with Crippen LogP contribution >= 0.6 is 23.1 Å². The van der Waals surface area contributed by atoms with Crippen LogP contribution in [0.5, 0.6) is 5.75 Å². The van der Waals surface area contributed by atoms with Gasteiger partial charge in [0, 0.05) is 0 Å². The Morgan fingerprint density at radius 3 is 2.66 bits per heavy atom. The number of thioether (sulfide) groups is 1. The van der Waals surface area contributed by atoms with Crippen molar-refractivity contribution in [1.29, 1.82) is 0 Å². The molecule has 2 aromatic carbocycles. The molecule has 3 rings (SSSR count). The number of carbonyl (C=O) groups excluding carboxylic acids is 2. The second-order valence-corrected chi connectivity index (χ2v) is 7.77. The lowest BCUT2D eigenvalue weighted by atomic mass is 10.2. The lowest BCUT2D eigenvalue weighted by molar-refractivity contribution is -0.113. The zero-order valence-electron chi connectivity index (χ0n) is 15.3. The average molecular weight is 433 g/mol. The zero-order valence-corrected chi connectivity index (χ0v) is 17.0. The number of anilines is 2. The molecule has 0 aliphatic carbocycles. The molecule has 3 aromatic rings. The SMILES string of the molecule is CCOc1ccccc1NC(=O)CSc1nnc(NC(=O)c2ccccc2F)s1. The second-order valence-electron chi connectivity index (χ2n) is 5.57. The van der Waals surface area contributed by atoms with E-state index in [1.807, 2.05) is 13.0 Å². The zero-order chi connectivity index (χ0) is 20.6. The minimum Gasteiger partial charge on any atom is -0.492 e. The molecular weight excluding hydrogens is 415 g/mol. The van der Waals surface area contributed by atoms with E-state index < -0.39 is 11.7 Å². The van der Waals surface area contributed by atoms with Crippen molar-refractivity contribution in [3.63, 3.8) is 0 Å². The van der Waals surface area contributed by atoms with E-state index in [1.165, 1.54) is 30.0 Å². The number of carbonyl (C=O) groups is 2. The van der Waals surface area contributed by atoms with E-state index in [9.17, 15) is 14.0 Å². The lowest BCUT2D eigenvalue weighted by Crippen LogP contribution is -2.14. The van der Waals surface area contributed by atoms with Crippen molar-refractivity contribution >= 4 is 45.7 Å². The summed E-state index contributed by atoms with van der Waals surface area (Å²) in [5.74, 6) is -0.748. The summed E-state index contributed by atoms with van der Waals surface area (Å²) in [6.45, 7) is 2.36. The van der Waals surface area contributed by atoms with Crippen molar-refractivity contribution in [3.8, 4) is 5.75 Å². The summed E-state index contributed by atoms with van der Waals surface area (Å²) in [4.78, 5) is 24.3. The molecule has 7 nitrogen and oxygen atoms in total. The summed E-state index contributed by atoms with van der Waals surface area (Å²) in [6.07, 6.45) is 0. The molecule has 0 saturated carbocycles. The van der Waals surface area contributed by atoms with Gasteiger partial charge in [0.15, 0.2) is 4.34 Å². The van der Waals surface area contributed by atoms with Crippen LogP contribution in [0, 0.1) is 5.82 Å². The minimum atomic E-state index is -0.617. The summed E-state index contributed by atoms with van der Waals surface area (Å²) in [5, 5.41) is 13.3. The topological polar surface area (TPSA) is 93.2 Å². The molecule has 1 heterocycles. The highest BCUT2D eigenvalue weighted by Crippen LogP contribution is 2.27. The Hall–Kier alpha value is -2.98. The molecule has 1 aromatic heterocycles. The number of rotatable bonds is 8. The standard InChI is InChI=1S/C19H17FN4O3S2/c1-2-27-15-10-6-5-9-14(15)21-16(25)11-28-19-24-23-18(29-19)22-17(26)12-7-3-4-8-13(12)20/h3-10H,2,11H2,1H3,(H,21,25)(H,22,23,26). The van der Waals surface area contributed by atoms with Crippen molar-refractivity contribution < 1.29 is 18.7 Å². The molecule has 0 aliphatic heterocycles. The Kier molecular flexibility index (Phi) is 7.14. The van der Waals surface area contributed by atoms with Gasteiger partial charge in [-0.05, 0) is 31.2 Å². The van der Waals surface area contributed by atoms with Gasteiger partial charge in [0.05, 0.1) is 23.6 Å². The first-order valence-electron chi connectivity index (χ1n) is 8.60. The molecule has 0 unspecified atom stereocenters. The van der Waals surface area contributed by atoms with E-state index in [0.29, 0.717) is 22.4 Å². The molecule has 0 saturated heterocycles. The van der Waals surface area contributed by atoms with Crippen molar-refractivity contribution in [2.24, 2.45) is 0 Å². The Bertz CT molecular complexity index is 1010. The maximum absolute atomic E-state index is 13.7. The fourth-order valence-electron chi connectivity index (χ4n) is 2.29. The molecule has 0 radical (unpaired) electrons. The summed E-state index contributed by atoms with van der Waals surface area (Å²) in [7, 11) is 0. The number of para-hydroxylation sites is 2. The highest BCUT2D eigenvalue weighted by atomic mass is 32.2. The van der Waals surface area contributed by atoms with E-state index in [1.54, 1.807) is 24.3 Å². The molecule has 0 bridgehead atoms. The third-order valence-electron chi connectivity index (χ3n) is 3.53. The maximum Gasteiger partial charge on any atom is 0.260 e. The monoisotopic (exact) mass is 432 g/mol. The molecule has 150 valence electrons. The Morgan fingerprint density at radius 1 is 1.10 bits per heavy atom. The fourth-order valence-corrected chi connectivity index (χ4v) is 3.84. The maximum atomic E-state index is 13.7. The Morgan fingerprint density at radius 2 is 1.86 bits per heavy atom. The summed E-state index contributed by atoms with van der Waals surface area (Å²) in [6, 6.07) is 12.8. The second kappa shape index (κ2) is 9.99. The predicted octanol–water partition coefficient (Wildman–Crippen LogP) is 4.06. The Balaban J connectivity index is 1.53. The molecule has 2 amide bonds. The quantitative estimate of drug-likeness (QED) is 0.412. The van der Waals surface area contributed by atoms with Gasteiger partial charge in [-0.2, -0.15) is 0 Å². The minimum absolute atomic E-state index is 0.0794. The van der Waals surface area contributed by atoms with Crippen LogP contribution in [0.2, 0.25) is 0 Å². The van der Waals surface area contributed by atoms with Crippen LogP contribution in [0.1, 0.15) is 17.3 Å². The van der Waals surface area contributed by atoms with Gasteiger partial charge in [0.2, 0.25) is 11.0 Å². The van der Waals surface area contributed by atoms with Crippen LogP contribution < -0.4 is 15.4 Å². The molecule has 29 heavy (non-hydrogen) atoms. The van der Waals surface area contributed by atoms with Crippen molar-refractivity contribution in [1.82, 2.24) is 10.2 Å². The molecule has 2 N–H and O–H groups in total. The van der Waals surface area contributed by atoms with E-state index in [2.05, 4.69) is 20.8 Å². The van der Waals surface area contributed by atoms with Gasteiger partial charge in [-0.1, -0.05) is 47.4 Å². The van der Waals surface area contributed by atoms with Crippen LogP contribution in [0.25, 0.3) is 0 Å². The number of amides is 2. The molecule has 10 heteroatoms. The average Bonchev–Trinajstić information content (AvgIpc) is 3.16. The lowest BCUT2D eigenvalue weighted by Gasteiger charge is -2.10. The van der Waals surface area contributed by atoms with Crippen LogP contribution in [-0.4, -0.2) is 34.4 Å². The molecular formula is C19H17FN4O3S2. The van der Waals surface area contributed by atoms with Gasteiger partial charge < -0.3 is 10.1 Å². The summed E-state index contributed by atoms with van der Waals surface area (Å²) in [5.41, 5.74) is 0.513. The highest BCUT2D eigenvalue weighted by molar-refractivity contribution is 8.01. The van der Waals surface area contributed by atoms with Crippen LogP contribution in [0.3, 0.4) is 0 Å². The van der Waals surface area contributed by atoms with Crippen LogP contribution in [0.4, 0.5) is 15.2 Å². The van der Waals surface area contributed by atoms with Crippen LogP contribution in [-0.2, 0) is 4.79 Å². The first-order chi connectivity index (χ1) is 14.1.